The molecular formula is C27H33N3O5. The van der Waals surface area contributed by atoms with Gasteiger partial charge in [0.05, 0.1) is 32.1 Å². The third-order valence-electron chi connectivity index (χ3n) is 6.25. The molecule has 2 atom stereocenters. The number of methoxy groups -OCH3 is 2. The van der Waals surface area contributed by atoms with Gasteiger partial charge in [0, 0.05) is 17.5 Å². The number of hydrogen-bond donors (Lipinski definition) is 1. The van der Waals surface area contributed by atoms with Gasteiger partial charge >= 0.3 is 0 Å². The topological polar surface area (TPSA) is 95.7 Å². The van der Waals surface area contributed by atoms with E-state index >= 15 is 0 Å². The normalized spacial score (nSPS) is 16.6. The van der Waals surface area contributed by atoms with Crippen LogP contribution in [-0.4, -0.2) is 36.9 Å². The molecule has 0 saturated heterocycles. The molecule has 1 aliphatic carbocycles. The van der Waals surface area contributed by atoms with Gasteiger partial charge in [0.25, 0.3) is 0 Å². The van der Waals surface area contributed by atoms with Gasteiger partial charge in [0.15, 0.2) is 11.5 Å². The van der Waals surface area contributed by atoms with Crippen LogP contribution in [0.1, 0.15) is 46.0 Å². The first kappa shape index (κ1) is 24.6. The summed E-state index contributed by atoms with van der Waals surface area (Å²) in [5, 5.41) is 11.5. The molecule has 0 unspecified atom stereocenters. The summed E-state index contributed by atoms with van der Waals surface area (Å²) in [6, 6.07) is 11.0. The summed E-state index contributed by atoms with van der Waals surface area (Å²) in [5.74, 6) is 2.83. The summed E-state index contributed by atoms with van der Waals surface area (Å²) in [5.41, 5.74) is 1.88. The summed E-state index contributed by atoms with van der Waals surface area (Å²) in [4.78, 5) is 12.6. The van der Waals surface area contributed by atoms with Crippen LogP contribution in [0.4, 0.5) is 5.69 Å². The summed E-state index contributed by atoms with van der Waals surface area (Å²) in [6.07, 6.45) is 5.55. The van der Waals surface area contributed by atoms with Crippen molar-refractivity contribution in [2.75, 3.05) is 26.1 Å². The maximum Gasteiger partial charge on any atom is 0.250 e. The van der Waals surface area contributed by atoms with Crippen LogP contribution in [0.5, 0.6) is 17.2 Å². The van der Waals surface area contributed by atoms with E-state index in [0.717, 1.165) is 24.2 Å². The highest BCUT2D eigenvalue weighted by Gasteiger charge is 2.39. The fourth-order valence-corrected chi connectivity index (χ4v) is 3.93. The molecule has 1 saturated carbocycles. The van der Waals surface area contributed by atoms with Crippen LogP contribution in [-0.2, 0) is 4.79 Å². The van der Waals surface area contributed by atoms with Gasteiger partial charge in [0.1, 0.15) is 5.75 Å². The first-order chi connectivity index (χ1) is 17.0. The van der Waals surface area contributed by atoms with Gasteiger partial charge in [-0.25, -0.2) is 0 Å². The second-order valence-electron chi connectivity index (χ2n) is 8.91. The maximum atomic E-state index is 12.6. The van der Waals surface area contributed by atoms with Gasteiger partial charge in [-0.3, -0.25) is 4.79 Å². The van der Waals surface area contributed by atoms with Crippen LogP contribution in [0.2, 0.25) is 0 Å². The molecule has 4 rings (SSSR count). The molecule has 1 heterocycles. The number of nitrogens with zero attached hydrogens (tertiary/aromatic N) is 2. The van der Waals surface area contributed by atoms with Crippen LogP contribution in [0.15, 0.2) is 40.8 Å². The number of benzene rings is 2. The second-order valence-corrected chi connectivity index (χ2v) is 8.91. The Balaban J connectivity index is 1.53. The van der Waals surface area contributed by atoms with Crippen molar-refractivity contribution in [3.05, 3.63) is 36.4 Å². The summed E-state index contributed by atoms with van der Waals surface area (Å²) in [6.45, 7) is 4.96. The molecule has 1 N–H and O–H groups in total. The van der Waals surface area contributed by atoms with Crippen LogP contribution in [0.3, 0.4) is 0 Å². The fourth-order valence-electron chi connectivity index (χ4n) is 3.93. The molecule has 2 aromatic carbocycles. The molecule has 0 radical (unpaired) electrons. The summed E-state index contributed by atoms with van der Waals surface area (Å²) < 4.78 is 22.7. The van der Waals surface area contributed by atoms with E-state index in [-0.39, 0.29) is 17.7 Å². The Labute approximate surface area is 206 Å². The van der Waals surface area contributed by atoms with Crippen LogP contribution in [0, 0.1) is 11.8 Å². The van der Waals surface area contributed by atoms with Gasteiger partial charge in [-0.2, -0.15) is 0 Å². The maximum absolute atomic E-state index is 12.6. The van der Waals surface area contributed by atoms with Crippen molar-refractivity contribution in [3.8, 4) is 40.2 Å². The molecule has 35 heavy (non-hydrogen) atoms. The molecule has 3 aromatic rings. The average Bonchev–Trinajstić information content (AvgIpc) is 3.41. The zero-order valence-electron chi connectivity index (χ0n) is 20.8. The number of aromatic nitrogens is 2. The Morgan fingerprint density at radius 3 is 2.37 bits per heavy atom. The lowest BCUT2D eigenvalue weighted by Gasteiger charge is -2.14. The summed E-state index contributed by atoms with van der Waals surface area (Å²) >= 11 is 0. The Bertz CT molecular complexity index is 1140. The number of nitrogens with one attached hydrogen (secondary N) is 1. The highest BCUT2D eigenvalue weighted by Crippen LogP contribution is 2.42. The minimum absolute atomic E-state index is 0.0153. The van der Waals surface area contributed by atoms with Gasteiger partial charge in [-0.1, -0.05) is 33.1 Å². The number of hydrogen-bond acceptors (Lipinski definition) is 7. The predicted octanol–water partition coefficient (Wildman–Crippen LogP) is 5.97. The Morgan fingerprint density at radius 2 is 1.71 bits per heavy atom. The minimum Gasteiger partial charge on any atom is -0.494 e. The van der Waals surface area contributed by atoms with E-state index in [9.17, 15) is 4.79 Å². The lowest BCUT2D eigenvalue weighted by molar-refractivity contribution is -0.117. The molecule has 1 amide bonds. The van der Waals surface area contributed by atoms with Gasteiger partial charge in [0.2, 0.25) is 17.7 Å². The lowest BCUT2D eigenvalue weighted by Crippen LogP contribution is -2.15. The number of unbranched alkanes of at least 4 members (excludes halogenated alkanes) is 3. The first-order valence-electron chi connectivity index (χ1n) is 12.2. The van der Waals surface area contributed by atoms with Crippen LogP contribution in [0.25, 0.3) is 22.9 Å². The highest BCUT2D eigenvalue weighted by atomic mass is 16.5. The van der Waals surface area contributed by atoms with E-state index in [2.05, 4.69) is 29.4 Å². The number of amides is 1. The third kappa shape index (κ3) is 5.93. The van der Waals surface area contributed by atoms with Crippen molar-refractivity contribution in [2.45, 2.75) is 46.0 Å². The highest BCUT2D eigenvalue weighted by molar-refractivity contribution is 5.98. The molecule has 186 valence electrons. The van der Waals surface area contributed by atoms with E-state index < -0.39 is 0 Å². The van der Waals surface area contributed by atoms with Crippen molar-refractivity contribution < 1.29 is 23.4 Å². The quantitative estimate of drug-likeness (QED) is 0.320. The van der Waals surface area contributed by atoms with Crippen molar-refractivity contribution in [1.29, 1.82) is 0 Å². The average molecular weight is 480 g/mol. The van der Waals surface area contributed by atoms with E-state index in [1.54, 1.807) is 26.4 Å². The molecule has 1 aliphatic rings. The Morgan fingerprint density at radius 1 is 1.03 bits per heavy atom. The number of carbonyl (C=O) groups excluding carboxylic acids is 1. The van der Waals surface area contributed by atoms with Crippen molar-refractivity contribution >= 4 is 11.6 Å². The molecule has 1 aromatic heterocycles. The monoisotopic (exact) mass is 479 g/mol. The smallest absolute Gasteiger partial charge is 0.250 e. The predicted molar refractivity (Wildman–Crippen MR) is 134 cm³/mol. The number of ether oxygens (including phenoxy) is 3. The van der Waals surface area contributed by atoms with Gasteiger partial charge in [-0.15, -0.1) is 10.2 Å². The largest absolute Gasteiger partial charge is 0.494 e. The standard InChI is InChI=1S/C27H33N3O5/c1-5-6-7-8-13-34-19-11-9-18(10-12-19)26-29-30-27(35-26)21-15-23(32-3)24(33-4)16-22(21)28-25(31)20-14-17(20)2/h9-12,15-17,20H,5-8,13-14H2,1-4H3,(H,28,31)/t17-,20-/m0/s1. The molecule has 0 aliphatic heterocycles. The van der Waals surface area contributed by atoms with Crippen LogP contribution >= 0.6 is 0 Å². The van der Waals surface area contributed by atoms with E-state index in [1.165, 1.54) is 19.3 Å². The molecule has 0 spiro atoms. The number of rotatable bonds is 12. The zero-order valence-corrected chi connectivity index (χ0v) is 20.8. The van der Waals surface area contributed by atoms with E-state index in [1.807, 2.05) is 24.3 Å². The fraction of sp³-hybridized carbons (Fsp3) is 0.444. The number of anilines is 1. The van der Waals surface area contributed by atoms with E-state index in [0.29, 0.717) is 41.2 Å². The van der Waals surface area contributed by atoms with E-state index in [4.69, 9.17) is 18.6 Å². The van der Waals surface area contributed by atoms with Crippen molar-refractivity contribution in [1.82, 2.24) is 10.2 Å². The van der Waals surface area contributed by atoms with Crippen molar-refractivity contribution in [2.24, 2.45) is 11.8 Å². The lowest BCUT2D eigenvalue weighted by atomic mass is 10.1. The van der Waals surface area contributed by atoms with Crippen molar-refractivity contribution in [3.63, 3.8) is 0 Å². The second kappa shape index (κ2) is 11.3. The molecular weight excluding hydrogens is 446 g/mol. The van der Waals surface area contributed by atoms with Gasteiger partial charge < -0.3 is 23.9 Å². The summed E-state index contributed by atoms with van der Waals surface area (Å²) in [7, 11) is 3.11. The molecule has 0 bridgehead atoms. The zero-order chi connectivity index (χ0) is 24.8. The third-order valence-corrected chi connectivity index (χ3v) is 6.25. The minimum atomic E-state index is -0.0315. The first-order valence-corrected chi connectivity index (χ1v) is 12.2. The SMILES string of the molecule is CCCCCCOc1ccc(-c2nnc(-c3cc(OC)c(OC)cc3NC(=O)[C@H]3C[C@@H]3C)o2)cc1. The van der Waals surface area contributed by atoms with Crippen LogP contribution < -0.4 is 19.5 Å². The molecule has 1 fully saturated rings. The Kier molecular flexibility index (Phi) is 7.90. The molecule has 8 nitrogen and oxygen atoms in total. The van der Waals surface area contributed by atoms with Gasteiger partial charge in [-0.05, 0) is 49.1 Å². The number of carbonyl (C=O) groups is 1. The Hall–Kier alpha value is -3.55. The molecule has 8 heteroatoms.